The third kappa shape index (κ3) is 15.2. The van der Waals surface area contributed by atoms with Crippen LogP contribution in [0.4, 0.5) is 0 Å². The van der Waals surface area contributed by atoms with E-state index in [0.29, 0.717) is 6.17 Å². The Hall–Kier alpha value is -0.660. The van der Waals surface area contributed by atoms with Crippen LogP contribution in [0.3, 0.4) is 0 Å². The molecule has 190 valence electrons. The standard InChI is InChI=1S/C30H60N2/c1-4-7-10-12-14-15-16-17-18-19-21-24-27-32-29-28-31(26-23-9-6-3)30(32)25-22-20-13-11-8-5-2/h28-30H,4-27H2,1-3H3. The summed E-state index contributed by atoms with van der Waals surface area (Å²) in [6, 6.07) is 0. The highest BCUT2D eigenvalue weighted by Gasteiger charge is 2.24. The molecule has 0 saturated heterocycles. The second-order valence-electron chi connectivity index (χ2n) is 10.4. The topological polar surface area (TPSA) is 6.48 Å². The van der Waals surface area contributed by atoms with Gasteiger partial charge in [-0.1, -0.05) is 136 Å². The van der Waals surface area contributed by atoms with Crippen LogP contribution in [-0.2, 0) is 0 Å². The Bertz CT molecular complexity index is 406. The van der Waals surface area contributed by atoms with Gasteiger partial charge in [-0.15, -0.1) is 0 Å². The van der Waals surface area contributed by atoms with Gasteiger partial charge in [-0.2, -0.15) is 0 Å². The quantitative estimate of drug-likeness (QED) is 0.135. The number of nitrogens with zero attached hydrogens (tertiary/aromatic N) is 2. The molecule has 0 aromatic carbocycles. The Kier molecular flexibility index (Phi) is 20.3. The third-order valence-electron chi connectivity index (χ3n) is 7.32. The van der Waals surface area contributed by atoms with Crippen LogP contribution in [-0.4, -0.2) is 29.1 Å². The zero-order valence-corrected chi connectivity index (χ0v) is 22.6. The van der Waals surface area contributed by atoms with Crippen molar-refractivity contribution in [3.05, 3.63) is 12.4 Å². The lowest BCUT2D eigenvalue weighted by molar-refractivity contribution is 0.135. The normalized spacial score (nSPS) is 15.9. The third-order valence-corrected chi connectivity index (χ3v) is 7.32. The molecule has 0 amide bonds. The second kappa shape index (κ2) is 22.1. The zero-order valence-electron chi connectivity index (χ0n) is 22.6. The molecule has 2 nitrogen and oxygen atoms in total. The van der Waals surface area contributed by atoms with E-state index in [1.165, 1.54) is 154 Å². The van der Waals surface area contributed by atoms with Crippen LogP contribution in [0.2, 0.25) is 0 Å². The lowest BCUT2D eigenvalue weighted by Crippen LogP contribution is -2.39. The lowest BCUT2D eigenvalue weighted by atomic mass is 10.0. The lowest BCUT2D eigenvalue weighted by Gasteiger charge is -2.33. The van der Waals surface area contributed by atoms with Crippen molar-refractivity contribution >= 4 is 0 Å². The van der Waals surface area contributed by atoms with Gasteiger partial charge >= 0.3 is 0 Å². The molecule has 0 spiro atoms. The van der Waals surface area contributed by atoms with Crippen molar-refractivity contribution in [2.45, 2.75) is 168 Å². The van der Waals surface area contributed by atoms with Crippen molar-refractivity contribution in [2.75, 3.05) is 13.1 Å². The molecule has 0 aromatic heterocycles. The smallest absolute Gasteiger partial charge is 0.101 e. The zero-order chi connectivity index (χ0) is 23.1. The molecule has 0 saturated carbocycles. The predicted octanol–water partition coefficient (Wildman–Crippen LogP) is 10.0. The Morgan fingerprint density at radius 3 is 1.16 bits per heavy atom. The number of hydrogen-bond acceptors (Lipinski definition) is 2. The van der Waals surface area contributed by atoms with Gasteiger partial charge in [0.05, 0.1) is 0 Å². The molecular weight excluding hydrogens is 388 g/mol. The van der Waals surface area contributed by atoms with E-state index in [1.54, 1.807) is 0 Å². The van der Waals surface area contributed by atoms with Crippen molar-refractivity contribution in [2.24, 2.45) is 0 Å². The molecule has 1 aliphatic rings. The summed E-state index contributed by atoms with van der Waals surface area (Å²) in [5, 5.41) is 0. The van der Waals surface area contributed by atoms with Crippen molar-refractivity contribution in [3.63, 3.8) is 0 Å². The van der Waals surface area contributed by atoms with Gasteiger partial charge in [0.15, 0.2) is 0 Å². The van der Waals surface area contributed by atoms with E-state index in [9.17, 15) is 0 Å². The molecule has 1 rings (SSSR count). The fourth-order valence-corrected chi connectivity index (χ4v) is 5.13. The molecule has 0 radical (unpaired) electrons. The molecule has 1 heterocycles. The Labute approximate surface area is 203 Å². The highest BCUT2D eigenvalue weighted by atomic mass is 15.4. The van der Waals surface area contributed by atoms with Crippen LogP contribution in [0.5, 0.6) is 0 Å². The summed E-state index contributed by atoms with van der Waals surface area (Å²) in [7, 11) is 0. The molecule has 0 N–H and O–H groups in total. The van der Waals surface area contributed by atoms with Crippen LogP contribution in [0.1, 0.15) is 162 Å². The summed E-state index contributed by atoms with van der Waals surface area (Å²) in [5.74, 6) is 0. The molecule has 0 aromatic rings. The largest absolute Gasteiger partial charge is 0.356 e. The first-order valence-electron chi connectivity index (χ1n) is 15.0. The fourth-order valence-electron chi connectivity index (χ4n) is 5.13. The van der Waals surface area contributed by atoms with Crippen molar-refractivity contribution in [1.29, 1.82) is 0 Å². The molecule has 0 fully saturated rings. The molecule has 1 aliphatic heterocycles. The first-order chi connectivity index (χ1) is 15.8. The van der Waals surface area contributed by atoms with E-state index in [0.717, 1.165) is 0 Å². The fraction of sp³-hybridized carbons (Fsp3) is 0.933. The van der Waals surface area contributed by atoms with Gasteiger partial charge < -0.3 is 9.80 Å². The average Bonchev–Trinajstić information content (AvgIpc) is 3.18. The SMILES string of the molecule is CCCCCCCCCCCCCCN1C=CN(CCCCC)C1CCCCCCCC. The minimum Gasteiger partial charge on any atom is -0.356 e. The van der Waals surface area contributed by atoms with Gasteiger partial charge in [0, 0.05) is 25.5 Å². The Balaban J connectivity index is 2.14. The molecule has 1 unspecified atom stereocenters. The van der Waals surface area contributed by atoms with Crippen LogP contribution < -0.4 is 0 Å². The van der Waals surface area contributed by atoms with Crippen LogP contribution in [0.15, 0.2) is 12.4 Å². The maximum Gasteiger partial charge on any atom is 0.101 e. The first kappa shape index (κ1) is 29.4. The number of hydrogen-bond donors (Lipinski definition) is 0. The summed E-state index contributed by atoms with van der Waals surface area (Å²) in [4.78, 5) is 5.33. The van der Waals surface area contributed by atoms with E-state index >= 15 is 0 Å². The van der Waals surface area contributed by atoms with E-state index in [1.807, 2.05) is 0 Å². The van der Waals surface area contributed by atoms with E-state index in [4.69, 9.17) is 0 Å². The predicted molar refractivity (Wildman–Crippen MR) is 145 cm³/mol. The van der Waals surface area contributed by atoms with Gasteiger partial charge in [0.2, 0.25) is 0 Å². The summed E-state index contributed by atoms with van der Waals surface area (Å²) in [6.45, 7) is 9.44. The van der Waals surface area contributed by atoms with E-state index in [-0.39, 0.29) is 0 Å². The highest BCUT2D eigenvalue weighted by molar-refractivity contribution is 4.96. The van der Waals surface area contributed by atoms with Crippen molar-refractivity contribution < 1.29 is 0 Å². The average molecular weight is 449 g/mol. The first-order valence-corrected chi connectivity index (χ1v) is 15.0. The monoisotopic (exact) mass is 448 g/mol. The van der Waals surface area contributed by atoms with Crippen molar-refractivity contribution in [1.82, 2.24) is 9.80 Å². The van der Waals surface area contributed by atoms with Gasteiger partial charge in [-0.25, -0.2) is 0 Å². The van der Waals surface area contributed by atoms with Crippen LogP contribution in [0, 0.1) is 0 Å². The minimum absolute atomic E-state index is 0.644. The van der Waals surface area contributed by atoms with Gasteiger partial charge in [0.25, 0.3) is 0 Å². The van der Waals surface area contributed by atoms with Gasteiger partial charge in [-0.05, 0) is 25.7 Å². The summed E-state index contributed by atoms with van der Waals surface area (Å²) in [5.41, 5.74) is 0. The highest BCUT2D eigenvalue weighted by Crippen LogP contribution is 2.23. The summed E-state index contributed by atoms with van der Waals surface area (Å²) in [6.07, 6.45) is 36.6. The molecule has 2 heteroatoms. The molecule has 0 aliphatic carbocycles. The molecule has 1 atom stereocenters. The van der Waals surface area contributed by atoms with E-state index in [2.05, 4.69) is 43.0 Å². The minimum atomic E-state index is 0.644. The van der Waals surface area contributed by atoms with E-state index < -0.39 is 0 Å². The van der Waals surface area contributed by atoms with Gasteiger partial charge in [-0.3, -0.25) is 0 Å². The van der Waals surface area contributed by atoms with Crippen molar-refractivity contribution in [3.8, 4) is 0 Å². The van der Waals surface area contributed by atoms with Gasteiger partial charge in [0.1, 0.15) is 6.17 Å². The molecule has 32 heavy (non-hydrogen) atoms. The maximum atomic E-state index is 2.67. The Morgan fingerprint density at radius 2 is 0.719 bits per heavy atom. The molecule has 0 bridgehead atoms. The second-order valence-corrected chi connectivity index (χ2v) is 10.4. The molecular formula is C30H60N2. The summed E-state index contributed by atoms with van der Waals surface area (Å²) < 4.78 is 0. The van der Waals surface area contributed by atoms with Crippen LogP contribution in [0.25, 0.3) is 0 Å². The van der Waals surface area contributed by atoms with Crippen LogP contribution >= 0.6 is 0 Å². The maximum absolute atomic E-state index is 2.67. The summed E-state index contributed by atoms with van der Waals surface area (Å²) >= 11 is 0. The Morgan fingerprint density at radius 1 is 0.406 bits per heavy atom. The number of unbranched alkanes of at least 4 members (excludes halogenated alkanes) is 18. The number of rotatable bonds is 24.